The molecule has 2 N–H and O–H groups in total. The molecule has 0 amide bonds. The smallest absolute Gasteiger partial charge is 0.255 e. The summed E-state index contributed by atoms with van der Waals surface area (Å²) >= 11 is 3.22. The zero-order valence-corrected chi connectivity index (χ0v) is 14.7. The molecule has 0 saturated heterocycles. The molecule has 0 unspecified atom stereocenters. The van der Waals surface area contributed by atoms with E-state index in [9.17, 15) is 8.78 Å². The van der Waals surface area contributed by atoms with Crippen LogP contribution in [0, 0.1) is 0 Å². The number of halogens is 3. The van der Waals surface area contributed by atoms with Gasteiger partial charge in [-0.15, -0.1) is 0 Å². The molecule has 9 heteroatoms. The summed E-state index contributed by atoms with van der Waals surface area (Å²) in [7, 11) is 3.14. The SMILES string of the molecule is COc1ccc(CNc2nc(Br)cnc2NCC(F)F)c(OC)c1. The molecule has 130 valence electrons. The molecule has 2 aromatic rings. The predicted molar refractivity (Wildman–Crippen MR) is 91.1 cm³/mol. The molecule has 0 aliphatic carbocycles. The van der Waals surface area contributed by atoms with E-state index in [0.717, 1.165) is 5.56 Å². The summed E-state index contributed by atoms with van der Waals surface area (Å²) in [5, 5.41) is 5.64. The van der Waals surface area contributed by atoms with Crippen LogP contribution < -0.4 is 20.1 Å². The molecule has 2 rings (SSSR count). The van der Waals surface area contributed by atoms with Crippen molar-refractivity contribution in [3.8, 4) is 11.5 Å². The van der Waals surface area contributed by atoms with Gasteiger partial charge in [0.05, 0.1) is 27.0 Å². The Labute approximate surface area is 146 Å². The summed E-state index contributed by atoms with van der Waals surface area (Å²) in [5.41, 5.74) is 0.861. The Morgan fingerprint density at radius 3 is 2.62 bits per heavy atom. The largest absolute Gasteiger partial charge is 0.497 e. The molecule has 0 aliphatic rings. The van der Waals surface area contributed by atoms with Crippen LogP contribution in [0.25, 0.3) is 0 Å². The third-order valence-electron chi connectivity index (χ3n) is 3.11. The fourth-order valence-electron chi connectivity index (χ4n) is 1.97. The Morgan fingerprint density at radius 2 is 1.96 bits per heavy atom. The van der Waals surface area contributed by atoms with Crippen LogP contribution in [0.5, 0.6) is 11.5 Å². The van der Waals surface area contributed by atoms with Gasteiger partial charge in [0.1, 0.15) is 16.1 Å². The molecule has 6 nitrogen and oxygen atoms in total. The Kier molecular flexibility index (Phi) is 6.53. The van der Waals surface area contributed by atoms with E-state index in [1.54, 1.807) is 20.3 Å². The number of methoxy groups -OCH3 is 2. The van der Waals surface area contributed by atoms with Gasteiger partial charge in [-0.3, -0.25) is 0 Å². The number of hydrogen-bond acceptors (Lipinski definition) is 6. The van der Waals surface area contributed by atoms with Crippen molar-refractivity contribution in [2.75, 3.05) is 31.4 Å². The number of rotatable bonds is 8. The first kappa shape index (κ1) is 18.2. The first-order chi connectivity index (χ1) is 11.5. The van der Waals surface area contributed by atoms with Gasteiger partial charge >= 0.3 is 0 Å². The van der Waals surface area contributed by atoms with E-state index < -0.39 is 13.0 Å². The number of ether oxygens (including phenoxy) is 2. The minimum atomic E-state index is -2.48. The lowest BCUT2D eigenvalue weighted by Crippen LogP contribution is -2.14. The van der Waals surface area contributed by atoms with Crippen molar-refractivity contribution in [3.05, 3.63) is 34.6 Å². The zero-order chi connectivity index (χ0) is 17.5. The summed E-state index contributed by atoms with van der Waals surface area (Å²) in [4.78, 5) is 8.29. The Bertz CT molecular complexity index is 689. The van der Waals surface area contributed by atoms with Crippen LogP contribution >= 0.6 is 15.9 Å². The first-order valence-electron chi connectivity index (χ1n) is 7.02. The molecule has 24 heavy (non-hydrogen) atoms. The van der Waals surface area contributed by atoms with Gasteiger partial charge in [-0.1, -0.05) is 0 Å². The van der Waals surface area contributed by atoms with E-state index in [2.05, 4.69) is 36.5 Å². The van der Waals surface area contributed by atoms with Crippen molar-refractivity contribution in [1.82, 2.24) is 9.97 Å². The molecular weight excluding hydrogens is 386 g/mol. The van der Waals surface area contributed by atoms with Crippen molar-refractivity contribution < 1.29 is 18.3 Å². The maximum absolute atomic E-state index is 12.4. The van der Waals surface area contributed by atoms with Crippen LogP contribution in [0.4, 0.5) is 20.4 Å². The lowest BCUT2D eigenvalue weighted by Gasteiger charge is -2.14. The Morgan fingerprint density at radius 1 is 1.17 bits per heavy atom. The molecule has 0 radical (unpaired) electrons. The molecule has 1 aromatic heterocycles. The molecule has 0 aliphatic heterocycles. The minimum absolute atomic E-state index is 0.256. The quantitative estimate of drug-likeness (QED) is 0.703. The van der Waals surface area contributed by atoms with Gasteiger partial charge < -0.3 is 20.1 Å². The number of aromatic nitrogens is 2. The van der Waals surface area contributed by atoms with Crippen LogP contribution in [0.2, 0.25) is 0 Å². The number of alkyl halides is 2. The number of hydrogen-bond donors (Lipinski definition) is 2. The van der Waals surface area contributed by atoms with Gasteiger partial charge in [0, 0.05) is 18.2 Å². The van der Waals surface area contributed by atoms with E-state index in [1.807, 2.05) is 12.1 Å². The number of anilines is 2. The fraction of sp³-hybridized carbons (Fsp3) is 0.333. The van der Waals surface area contributed by atoms with Crippen LogP contribution in [0.15, 0.2) is 29.0 Å². The lowest BCUT2D eigenvalue weighted by atomic mass is 10.2. The third kappa shape index (κ3) is 4.92. The number of benzene rings is 1. The van der Waals surface area contributed by atoms with Crippen molar-refractivity contribution in [3.63, 3.8) is 0 Å². The maximum atomic E-state index is 12.4. The van der Waals surface area contributed by atoms with Gasteiger partial charge in [0.2, 0.25) is 0 Å². The highest BCUT2D eigenvalue weighted by molar-refractivity contribution is 9.10. The molecule has 1 heterocycles. The predicted octanol–water partition coefficient (Wildman–Crippen LogP) is 3.55. The van der Waals surface area contributed by atoms with Gasteiger partial charge in [-0.25, -0.2) is 18.7 Å². The van der Waals surface area contributed by atoms with Crippen molar-refractivity contribution in [1.29, 1.82) is 0 Å². The van der Waals surface area contributed by atoms with E-state index in [1.165, 1.54) is 6.20 Å². The van der Waals surface area contributed by atoms with Crippen molar-refractivity contribution in [2.45, 2.75) is 13.0 Å². The van der Waals surface area contributed by atoms with Crippen LogP contribution in [-0.2, 0) is 6.54 Å². The highest BCUT2D eigenvalue weighted by Crippen LogP contribution is 2.26. The Hall–Kier alpha value is -2.16. The molecule has 1 aromatic carbocycles. The van der Waals surface area contributed by atoms with Gasteiger partial charge in [-0.2, -0.15) is 0 Å². The van der Waals surface area contributed by atoms with Gasteiger partial charge in [-0.05, 0) is 28.1 Å². The average Bonchev–Trinajstić information content (AvgIpc) is 2.58. The van der Waals surface area contributed by atoms with E-state index >= 15 is 0 Å². The van der Waals surface area contributed by atoms with Crippen LogP contribution in [0.1, 0.15) is 5.56 Å². The minimum Gasteiger partial charge on any atom is -0.497 e. The lowest BCUT2D eigenvalue weighted by molar-refractivity contribution is 0.163. The van der Waals surface area contributed by atoms with Crippen molar-refractivity contribution >= 4 is 27.6 Å². The molecular formula is C15H17BrF2N4O2. The normalized spacial score (nSPS) is 10.6. The zero-order valence-electron chi connectivity index (χ0n) is 13.1. The molecule has 0 bridgehead atoms. The summed E-state index contributed by atoms with van der Waals surface area (Å²) in [6.07, 6.45) is -1.04. The highest BCUT2D eigenvalue weighted by Gasteiger charge is 2.11. The van der Waals surface area contributed by atoms with Crippen molar-refractivity contribution in [2.24, 2.45) is 0 Å². The maximum Gasteiger partial charge on any atom is 0.255 e. The Balaban J connectivity index is 2.15. The number of nitrogens with one attached hydrogen (secondary N) is 2. The van der Waals surface area contributed by atoms with E-state index in [-0.39, 0.29) is 5.82 Å². The molecule has 0 fully saturated rings. The van der Waals surface area contributed by atoms with Gasteiger partial charge in [0.15, 0.2) is 11.6 Å². The monoisotopic (exact) mass is 402 g/mol. The first-order valence-corrected chi connectivity index (χ1v) is 7.82. The van der Waals surface area contributed by atoms with E-state index in [4.69, 9.17) is 9.47 Å². The summed E-state index contributed by atoms with van der Waals surface area (Å²) in [5.74, 6) is 1.94. The molecule has 0 saturated carbocycles. The van der Waals surface area contributed by atoms with Gasteiger partial charge in [0.25, 0.3) is 6.43 Å². The second kappa shape index (κ2) is 8.62. The molecule has 0 spiro atoms. The second-order valence-electron chi connectivity index (χ2n) is 4.69. The van der Waals surface area contributed by atoms with Crippen LogP contribution in [0.3, 0.4) is 0 Å². The molecule has 0 atom stereocenters. The second-order valence-corrected chi connectivity index (χ2v) is 5.51. The highest BCUT2D eigenvalue weighted by atomic mass is 79.9. The standard InChI is InChI=1S/C15H17BrF2N4O2/c1-23-10-4-3-9(11(5-10)24-2)6-19-15-14(21-8-13(17)18)20-7-12(16)22-15/h3-5,7,13H,6,8H2,1-2H3,(H,19,22)(H,20,21). The third-order valence-corrected chi connectivity index (χ3v) is 3.49. The summed E-state index contributed by atoms with van der Waals surface area (Å²) in [6.45, 7) is -0.126. The fourth-order valence-corrected chi connectivity index (χ4v) is 2.25. The summed E-state index contributed by atoms with van der Waals surface area (Å²) < 4.78 is 35.7. The number of nitrogens with zero attached hydrogens (tertiary/aromatic N) is 2. The van der Waals surface area contributed by atoms with Crippen LogP contribution in [-0.4, -0.2) is 37.2 Å². The summed E-state index contributed by atoms with van der Waals surface area (Å²) in [6, 6.07) is 5.42. The van der Waals surface area contributed by atoms with E-state index in [0.29, 0.717) is 28.5 Å². The topological polar surface area (TPSA) is 68.3 Å². The average molecular weight is 403 g/mol.